The molecular formula is C25H22N2O4S. The van der Waals surface area contributed by atoms with Gasteiger partial charge in [-0.15, -0.1) is 0 Å². The Bertz CT molecular complexity index is 1500. The van der Waals surface area contributed by atoms with E-state index in [0.29, 0.717) is 28.1 Å². The van der Waals surface area contributed by atoms with E-state index in [-0.39, 0.29) is 5.56 Å². The SMILES string of the molecule is C=CS(=O)(=O)Nc1ccc(Oc2ccccc2C)c(-c2cn(C)c(=O)c3ccccc23)c1. The summed E-state index contributed by atoms with van der Waals surface area (Å²) in [5.74, 6) is 1.21. The number of rotatable bonds is 6. The van der Waals surface area contributed by atoms with Crippen LogP contribution in [0.4, 0.5) is 5.69 Å². The fourth-order valence-electron chi connectivity index (χ4n) is 3.52. The highest BCUT2D eigenvalue weighted by Crippen LogP contribution is 2.39. The summed E-state index contributed by atoms with van der Waals surface area (Å²) in [5, 5.41) is 2.16. The van der Waals surface area contributed by atoms with Crippen molar-refractivity contribution < 1.29 is 13.2 Å². The number of nitrogens with one attached hydrogen (secondary N) is 1. The lowest BCUT2D eigenvalue weighted by atomic mass is 9.99. The minimum Gasteiger partial charge on any atom is -0.456 e. The Balaban J connectivity index is 1.97. The Morgan fingerprint density at radius 2 is 1.62 bits per heavy atom. The zero-order valence-corrected chi connectivity index (χ0v) is 18.5. The molecule has 0 spiro atoms. The first-order chi connectivity index (χ1) is 15.3. The summed E-state index contributed by atoms with van der Waals surface area (Å²) in [4.78, 5) is 12.7. The van der Waals surface area contributed by atoms with Crippen LogP contribution in [0.2, 0.25) is 0 Å². The average Bonchev–Trinajstić information content (AvgIpc) is 2.78. The highest BCUT2D eigenvalue weighted by Gasteiger charge is 2.16. The minimum atomic E-state index is -3.69. The Morgan fingerprint density at radius 1 is 0.938 bits per heavy atom. The van der Waals surface area contributed by atoms with Gasteiger partial charge in [0.25, 0.3) is 15.6 Å². The molecule has 4 aromatic rings. The topological polar surface area (TPSA) is 77.4 Å². The van der Waals surface area contributed by atoms with Gasteiger partial charge < -0.3 is 9.30 Å². The minimum absolute atomic E-state index is 0.116. The van der Waals surface area contributed by atoms with E-state index in [4.69, 9.17) is 4.74 Å². The molecule has 1 N–H and O–H groups in total. The second-order valence-electron chi connectivity index (χ2n) is 7.40. The lowest BCUT2D eigenvalue weighted by Crippen LogP contribution is -2.16. The number of para-hydroxylation sites is 1. The predicted molar refractivity (Wildman–Crippen MR) is 129 cm³/mol. The molecule has 0 aliphatic heterocycles. The van der Waals surface area contributed by atoms with Gasteiger partial charge in [-0.3, -0.25) is 9.52 Å². The quantitative estimate of drug-likeness (QED) is 0.442. The third-order valence-electron chi connectivity index (χ3n) is 5.15. The molecular weight excluding hydrogens is 424 g/mol. The maximum absolute atomic E-state index is 12.7. The van der Waals surface area contributed by atoms with Gasteiger partial charge in [-0.25, -0.2) is 8.42 Å². The number of benzene rings is 3. The molecule has 4 rings (SSSR count). The van der Waals surface area contributed by atoms with Crippen molar-refractivity contribution in [1.82, 2.24) is 4.57 Å². The zero-order chi connectivity index (χ0) is 22.9. The van der Waals surface area contributed by atoms with Gasteiger partial charge in [0.15, 0.2) is 0 Å². The van der Waals surface area contributed by atoms with Gasteiger partial charge in [0.2, 0.25) is 0 Å². The van der Waals surface area contributed by atoms with E-state index in [9.17, 15) is 13.2 Å². The van der Waals surface area contributed by atoms with Gasteiger partial charge in [-0.05, 0) is 48.2 Å². The van der Waals surface area contributed by atoms with Crippen molar-refractivity contribution in [2.75, 3.05) is 4.72 Å². The van der Waals surface area contributed by atoms with Gasteiger partial charge >= 0.3 is 0 Å². The molecule has 32 heavy (non-hydrogen) atoms. The summed E-state index contributed by atoms with van der Waals surface area (Å²) >= 11 is 0. The molecule has 0 aliphatic rings. The standard InChI is InChI=1S/C25H22N2O4S/c1-4-32(29,30)26-18-13-14-24(31-23-12-8-5-9-17(23)2)21(15-18)22-16-27(3)25(28)20-11-7-6-10-19(20)22/h4-16,26H,1H2,2-3H3. The number of ether oxygens (including phenoxy) is 1. The molecule has 0 aliphatic carbocycles. The summed E-state index contributed by atoms with van der Waals surface area (Å²) in [5.41, 5.74) is 2.58. The molecule has 0 amide bonds. The van der Waals surface area contributed by atoms with Crippen LogP contribution in [0.3, 0.4) is 0 Å². The van der Waals surface area contributed by atoms with Crippen LogP contribution >= 0.6 is 0 Å². The van der Waals surface area contributed by atoms with Crippen molar-refractivity contribution >= 4 is 26.5 Å². The van der Waals surface area contributed by atoms with Crippen LogP contribution in [0.5, 0.6) is 11.5 Å². The molecule has 6 nitrogen and oxygen atoms in total. The maximum Gasteiger partial charge on any atom is 0.258 e. The number of hydrogen-bond acceptors (Lipinski definition) is 4. The Hall–Kier alpha value is -3.84. The molecule has 1 aromatic heterocycles. The molecule has 162 valence electrons. The number of pyridine rings is 1. The van der Waals surface area contributed by atoms with Crippen molar-refractivity contribution in [3.63, 3.8) is 0 Å². The normalized spacial score (nSPS) is 11.3. The van der Waals surface area contributed by atoms with E-state index in [2.05, 4.69) is 11.3 Å². The summed E-state index contributed by atoms with van der Waals surface area (Å²) in [6, 6.07) is 20.0. The van der Waals surface area contributed by atoms with Gasteiger partial charge in [0.1, 0.15) is 11.5 Å². The number of sulfonamides is 1. The predicted octanol–water partition coefficient (Wildman–Crippen LogP) is 5.19. The van der Waals surface area contributed by atoms with Crippen LogP contribution in [0, 0.1) is 6.92 Å². The van der Waals surface area contributed by atoms with Crippen molar-refractivity contribution in [2.45, 2.75) is 6.92 Å². The van der Waals surface area contributed by atoms with E-state index in [1.807, 2.05) is 49.4 Å². The maximum atomic E-state index is 12.7. The van der Waals surface area contributed by atoms with Crippen LogP contribution in [0.15, 0.2) is 89.7 Å². The van der Waals surface area contributed by atoms with E-state index in [1.165, 1.54) is 4.57 Å². The summed E-state index contributed by atoms with van der Waals surface area (Å²) in [6.07, 6.45) is 1.73. The smallest absolute Gasteiger partial charge is 0.258 e. The second-order valence-corrected chi connectivity index (χ2v) is 9.02. The molecule has 3 aromatic carbocycles. The van der Waals surface area contributed by atoms with Gasteiger partial charge in [-0.1, -0.05) is 43.0 Å². The van der Waals surface area contributed by atoms with Gasteiger partial charge in [0, 0.05) is 40.9 Å². The van der Waals surface area contributed by atoms with Gasteiger partial charge in [0.05, 0.1) is 0 Å². The Labute approximate surface area is 186 Å². The zero-order valence-electron chi connectivity index (χ0n) is 17.7. The Kier molecular flexibility index (Phi) is 5.59. The van der Waals surface area contributed by atoms with Gasteiger partial charge in [-0.2, -0.15) is 0 Å². The monoisotopic (exact) mass is 446 g/mol. The van der Waals surface area contributed by atoms with Crippen LogP contribution in [0.1, 0.15) is 5.56 Å². The van der Waals surface area contributed by atoms with Crippen molar-refractivity contribution in [1.29, 1.82) is 0 Å². The van der Waals surface area contributed by atoms with Crippen molar-refractivity contribution in [2.24, 2.45) is 7.05 Å². The van der Waals surface area contributed by atoms with Crippen LogP contribution in [0.25, 0.3) is 21.9 Å². The number of anilines is 1. The molecule has 1 heterocycles. The lowest BCUT2D eigenvalue weighted by Gasteiger charge is -2.17. The summed E-state index contributed by atoms with van der Waals surface area (Å²) < 4.78 is 34.3. The third kappa shape index (κ3) is 4.15. The van der Waals surface area contributed by atoms with E-state index >= 15 is 0 Å². The summed E-state index contributed by atoms with van der Waals surface area (Å²) in [6.45, 7) is 5.29. The van der Waals surface area contributed by atoms with Crippen LogP contribution in [-0.2, 0) is 17.1 Å². The first-order valence-corrected chi connectivity index (χ1v) is 11.5. The molecule has 0 atom stereocenters. The molecule has 0 saturated heterocycles. The molecule has 0 saturated carbocycles. The molecule has 7 heteroatoms. The molecule has 0 unspecified atom stereocenters. The molecule has 0 radical (unpaired) electrons. The highest BCUT2D eigenvalue weighted by atomic mass is 32.2. The van der Waals surface area contributed by atoms with Crippen molar-refractivity contribution in [3.8, 4) is 22.6 Å². The highest BCUT2D eigenvalue weighted by molar-refractivity contribution is 7.95. The Morgan fingerprint density at radius 3 is 2.34 bits per heavy atom. The van der Waals surface area contributed by atoms with Crippen LogP contribution < -0.4 is 15.0 Å². The number of fused-ring (bicyclic) bond motifs is 1. The van der Waals surface area contributed by atoms with Crippen LogP contribution in [-0.4, -0.2) is 13.0 Å². The first-order valence-electron chi connectivity index (χ1n) is 9.90. The van der Waals surface area contributed by atoms with E-state index in [1.54, 1.807) is 37.5 Å². The number of aromatic nitrogens is 1. The molecule has 0 fully saturated rings. The fourth-order valence-corrected chi connectivity index (χ4v) is 4.06. The third-order valence-corrected chi connectivity index (χ3v) is 6.11. The molecule has 0 bridgehead atoms. The summed E-state index contributed by atoms with van der Waals surface area (Å²) in [7, 11) is -2.00. The van der Waals surface area contributed by atoms with E-state index in [0.717, 1.165) is 21.9 Å². The van der Waals surface area contributed by atoms with E-state index < -0.39 is 10.0 Å². The van der Waals surface area contributed by atoms with Crippen molar-refractivity contribution in [3.05, 3.63) is 101 Å². The number of aryl methyl sites for hydroxylation is 2. The lowest BCUT2D eigenvalue weighted by molar-refractivity contribution is 0.481. The largest absolute Gasteiger partial charge is 0.456 e. The average molecular weight is 447 g/mol. The number of nitrogens with zero attached hydrogens (tertiary/aromatic N) is 1. The number of hydrogen-bond donors (Lipinski definition) is 1. The second kappa shape index (κ2) is 8.36. The first kappa shape index (κ1) is 21.4. The fraction of sp³-hybridized carbons (Fsp3) is 0.0800.